The van der Waals surface area contributed by atoms with Crippen LogP contribution < -0.4 is 5.32 Å². The summed E-state index contributed by atoms with van der Waals surface area (Å²) in [6.45, 7) is 0. The van der Waals surface area contributed by atoms with E-state index >= 15 is 0 Å². The molecule has 0 atom stereocenters. The molecule has 1 aromatic heterocycles. The van der Waals surface area contributed by atoms with Crippen LogP contribution in [-0.4, -0.2) is 10.9 Å². The van der Waals surface area contributed by atoms with E-state index in [9.17, 15) is 9.18 Å². The summed E-state index contributed by atoms with van der Waals surface area (Å²) >= 11 is 6.30. The number of amides is 1. The summed E-state index contributed by atoms with van der Waals surface area (Å²) in [5.74, 6) is -0.857. The van der Waals surface area contributed by atoms with Crippen LogP contribution in [0, 0.1) is 5.82 Å². The molecule has 0 saturated heterocycles. The highest BCUT2D eigenvalue weighted by Gasteiger charge is 2.10. The standard InChI is InChI=1S/C12H7Br2FN2O/c13-8-2-1-7(5-10(8)15)12(18)17-11-3-4-16-6-9(11)14/h1-6H,(H,16,17,18). The van der Waals surface area contributed by atoms with Crippen molar-refractivity contribution in [1.29, 1.82) is 0 Å². The molecular weight excluding hydrogens is 367 g/mol. The van der Waals surface area contributed by atoms with Gasteiger partial charge in [0.25, 0.3) is 5.91 Å². The summed E-state index contributed by atoms with van der Waals surface area (Å²) in [6, 6.07) is 5.86. The molecule has 6 heteroatoms. The van der Waals surface area contributed by atoms with E-state index < -0.39 is 5.82 Å². The Labute approximate surface area is 120 Å². The molecule has 0 unspecified atom stereocenters. The molecule has 92 valence electrons. The largest absolute Gasteiger partial charge is 0.321 e. The molecule has 1 N–H and O–H groups in total. The Morgan fingerprint density at radius 2 is 2.00 bits per heavy atom. The molecule has 0 radical (unpaired) electrons. The van der Waals surface area contributed by atoms with E-state index in [1.807, 2.05) is 0 Å². The lowest BCUT2D eigenvalue weighted by Crippen LogP contribution is -2.12. The fraction of sp³-hybridized carbons (Fsp3) is 0. The first-order valence-electron chi connectivity index (χ1n) is 4.94. The highest BCUT2D eigenvalue weighted by molar-refractivity contribution is 9.10. The molecule has 18 heavy (non-hydrogen) atoms. The molecule has 1 heterocycles. The lowest BCUT2D eigenvalue weighted by Gasteiger charge is -2.07. The van der Waals surface area contributed by atoms with E-state index in [1.54, 1.807) is 18.5 Å². The molecule has 1 amide bonds. The summed E-state index contributed by atoms with van der Waals surface area (Å²) < 4.78 is 14.3. The van der Waals surface area contributed by atoms with Crippen LogP contribution in [0.5, 0.6) is 0 Å². The molecular formula is C12H7Br2FN2O. The quantitative estimate of drug-likeness (QED) is 0.864. The number of aromatic nitrogens is 1. The van der Waals surface area contributed by atoms with Gasteiger partial charge in [-0.2, -0.15) is 0 Å². The van der Waals surface area contributed by atoms with E-state index in [0.717, 1.165) is 0 Å². The smallest absolute Gasteiger partial charge is 0.255 e. The van der Waals surface area contributed by atoms with Crippen molar-refractivity contribution in [1.82, 2.24) is 4.98 Å². The second kappa shape index (κ2) is 5.58. The molecule has 0 aliphatic heterocycles. The first kappa shape index (κ1) is 13.2. The van der Waals surface area contributed by atoms with Crippen LogP contribution in [-0.2, 0) is 0 Å². The highest BCUT2D eigenvalue weighted by atomic mass is 79.9. The normalized spacial score (nSPS) is 10.2. The van der Waals surface area contributed by atoms with E-state index in [0.29, 0.717) is 14.6 Å². The van der Waals surface area contributed by atoms with Gasteiger partial charge in [0.2, 0.25) is 0 Å². The zero-order valence-corrected chi connectivity index (χ0v) is 12.1. The van der Waals surface area contributed by atoms with Gasteiger partial charge in [-0.3, -0.25) is 9.78 Å². The predicted octanol–water partition coefficient (Wildman–Crippen LogP) is 4.00. The molecule has 0 bridgehead atoms. The second-order valence-corrected chi connectivity index (χ2v) is 5.15. The Bertz CT molecular complexity index is 604. The van der Waals surface area contributed by atoms with Crippen molar-refractivity contribution in [3.63, 3.8) is 0 Å². The van der Waals surface area contributed by atoms with Crippen LogP contribution >= 0.6 is 31.9 Å². The maximum absolute atomic E-state index is 13.3. The Kier molecular flexibility index (Phi) is 4.08. The van der Waals surface area contributed by atoms with Gasteiger partial charge in [0.15, 0.2) is 0 Å². The maximum atomic E-state index is 13.3. The van der Waals surface area contributed by atoms with Crippen LogP contribution in [0.4, 0.5) is 10.1 Å². The number of pyridine rings is 1. The van der Waals surface area contributed by atoms with Gasteiger partial charge in [0.05, 0.1) is 14.6 Å². The topological polar surface area (TPSA) is 42.0 Å². The number of anilines is 1. The molecule has 0 saturated carbocycles. The Hall–Kier alpha value is -1.27. The van der Waals surface area contributed by atoms with Crippen molar-refractivity contribution in [3.05, 3.63) is 57.0 Å². The van der Waals surface area contributed by atoms with E-state index in [4.69, 9.17) is 0 Å². The first-order chi connectivity index (χ1) is 8.58. The minimum atomic E-state index is -0.476. The van der Waals surface area contributed by atoms with Crippen molar-refractivity contribution in [3.8, 4) is 0 Å². The van der Waals surface area contributed by atoms with Gasteiger partial charge in [-0.1, -0.05) is 0 Å². The van der Waals surface area contributed by atoms with Gasteiger partial charge in [0, 0.05) is 18.0 Å². The average molecular weight is 374 g/mol. The Balaban J connectivity index is 2.22. The number of nitrogens with one attached hydrogen (secondary N) is 1. The van der Waals surface area contributed by atoms with E-state index in [-0.39, 0.29) is 11.5 Å². The highest BCUT2D eigenvalue weighted by Crippen LogP contribution is 2.22. The number of carbonyl (C=O) groups is 1. The number of benzene rings is 1. The zero-order chi connectivity index (χ0) is 13.1. The number of nitrogens with zero attached hydrogens (tertiary/aromatic N) is 1. The summed E-state index contributed by atoms with van der Waals surface area (Å²) in [4.78, 5) is 15.8. The van der Waals surface area contributed by atoms with Crippen molar-refractivity contribution in [2.75, 3.05) is 5.32 Å². The summed E-state index contributed by atoms with van der Waals surface area (Å²) in [6.07, 6.45) is 3.13. The second-order valence-electron chi connectivity index (χ2n) is 3.44. The monoisotopic (exact) mass is 372 g/mol. The predicted molar refractivity (Wildman–Crippen MR) is 74.0 cm³/mol. The van der Waals surface area contributed by atoms with Gasteiger partial charge >= 0.3 is 0 Å². The molecule has 0 spiro atoms. The fourth-order valence-electron chi connectivity index (χ4n) is 1.31. The van der Waals surface area contributed by atoms with Crippen LogP contribution in [0.15, 0.2) is 45.6 Å². The van der Waals surface area contributed by atoms with Crippen molar-refractivity contribution < 1.29 is 9.18 Å². The van der Waals surface area contributed by atoms with Crippen LogP contribution in [0.25, 0.3) is 0 Å². The molecule has 0 fully saturated rings. The molecule has 0 aliphatic rings. The van der Waals surface area contributed by atoms with Gasteiger partial charge in [0.1, 0.15) is 5.82 Å². The maximum Gasteiger partial charge on any atom is 0.255 e. The molecule has 2 rings (SSSR count). The lowest BCUT2D eigenvalue weighted by atomic mass is 10.2. The number of carbonyl (C=O) groups excluding carboxylic acids is 1. The van der Waals surface area contributed by atoms with Crippen molar-refractivity contribution >= 4 is 43.5 Å². The lowest BCUT2D eigenvalue weighted by molar-refractivity contribution is 0.102. The fourth-order valence-corrected chi connectivity index (χ4v) is 1.90. The molecule has 3 nitrogen and oxygen atoms in total. The molecule has 2 aromatic rings. The first-order valence-corrected chi connectivity index (χ1v) is 6.52. The SMILES string of the molecule is O=C(Nc1ccncc1Br)c1ccc(Br)c(F)c1. The van der Waals surface area contributed by atoms with Crippen LogP contribution in [0.2, 0.25) is 0 Å². The third-order valence-electron chi connectivity index (χ3n) is 2.20. The van der Waals surface area contributed by atoms with E-state index in [1.165, 1.54) is 18.2 Å². The minimum Gasteiger partial charge on any atom is -0.321 e. The van der Waals surface area contributed by atoms with Gasteiger partial charge < -0.3 is 5.32 Å². The minimum absolute atomic E-state index is 0.249. The molecule has 0 aliphatic carbocycles. The van der Waals surface area contributed by atoms with Crippen LogP contribution in [0.1, 0.15) is 10.4 Å². The van der Waals surface area contributed by atoms with Gasteiger partial charge in [-0.15, -0.1) is 0 Å². The third-order valence-corrected chi connectivity index (χ3v) is 3.48. The van der Waals surface area contributed by atoms with Gasteiger partial charge in [-0.05, 0) is 56.1 Å². The number of rotatable bonds is 2. The third kappa shape index (κ3) is 2.94. The van der Waals surface area contributed by atoms with Crippen molar-refractivity contribution in [2.45, 2.75) is 0 Å². The average Bonchev–Trinajstić information content (AvgIpc) is 2.35. The van der Waals surface area contributed by atoms with Crippen LogP contribution in [0.3, 0.4) is 0 Å². The Morgan fingerprint density at radius 3 is 2.67 bits per heavy atom. The van der Waals surface area contributed by atoms with Gasteiger partial charge in [-0.25, -0.2) is 4.39 Å². The number of hydrogen-bond acceptors (Lipinski definition) is 2. The summed E-state index contributed by atoms with van der Waals surface area (Å²) in [5.41, 5.74) is 0.831. The van der Waals surface area contributed by atoms with Crippen molar-refractivity contribution in [2.24, 2.45) is 0 Å². The number of halogens is 3. The molecule has 1 aromatic carbocycles. The zero-order valence-electron chi connectivity index (χ0n) is 8.95. The number of hydrogen-bond donors (Lipinski definition) is 1. The summed E-state index contributed by atoms with van der Waals surface area (Å²) in [5, 5.41) is 2.67. The van der Waals surface area contributed by atoms with E-state index in [2.05, 4.69) is 42.2 Å². The summed E-state index contributed by atoms with van der Waals surface area (Å²) in [7, 11) is 0. The Morgan fingerprint density at radius 1 is 1.22 bits per heavy atom.